The van der Waals surface area contributed by atoms with Crippen LogP contribution in [0.4, 0.5) is 0 Å². The number of carboxylic acid groups (broad SMARTS) is 1. The molecule has 1 aliphatic carbocycles. The number of carbonyl (C=O) groups is 2. The van der Waals surface area contributed by atoms with E-state index in [0.29, 0.717) is 12.8 Å². The van der Waals surface area contributed by atoms with Crippen LogP contribution in [0, 0.1) is 5.92 Å². The fourth-order valence-electron chi connectivity index (χ4n) is 2.29. The van der Waals surface area contributed by atoms with Crippen LogP contribution in [0.2, 0.25) is 0 Å². The predicted octanol–water partition coefficient (Wildman–Crippen LogP) is 0.803. The van der Waals surface area contributed by atoms with Crippen LogP contribution in [0.1, 0.15) is 25.0 Å². The van der Waals surface area contributed by atoms with Gasteiger partial charge in [0.1, 0.15) is 0 Å². The summed E-state index contributed by atoms with van der Waals surface area (Å²) in [4.78, 5) is 22.5. The summed E-state index contributed by atoms with van der Waals surface area (Å²) in [6.45, 7) is 0. The van der Waals surface area contributed by atoms with Crippen LogP contribution >= 0.6 is 0 Å². The highest BCUT2D eigenvalue weighted by Gasteiger charge is 2.30. The first-order valence-electron chi connectivity index (χ1n) is 6.25. The van der Waals surface area contributed by atoms with Crippen molar-refractivity contribution in [2.75, 3.05) is 0 Å². The van der Waals surface area contributed by atoms with E-state index in [1.54, 1.807) is 30.1 Å². The summed E-state index contributed by atoms with van der Waals surface area (Å²) in [7, 11) is 1.80. The van der Waals surface area contributed by atoms with Crippen molar-refractivity contribution in [2.45, 2.75) is 25.3 Å². The Labute approximate surface area is 111 Å². The molecule has 1 aromatic rings. The molecule has 2 N–H and O–H groups in total. The van der Waals surface area contributed by atoms with Gasteiger partial charge in [0.05, 0.1) is 11.6 Å². The van der Waals surface area contributed by atoms with E-state index >= 15 is 0 Å². The summed E-state index contributed by atoms with van der Waals surface area (Å²) in [5.74, 6) is -1.30. The maximum Gasteiger partial charge on any atom is 0.306 e. The number of carboxylic acids is 1. The Morgan fingerprint density at radius 3 is 2.89 bits per heavy atom. The number of hydrogen-bond donors (Lipinski definition) is 2. The average Bonchev–Trinajstić information content (AvgIpc) is 2.96. The monoisotopic (exact) mass is 263 g/mol. The maximum atomic E-state index is 11.7. The van der Waals surface area contributed by atoms with Crippen LogP contribution in [0.15, 0.2) is 18.3 Å². The summed E-state index contributed by atoms with van der Waals surface area (Å²) in [5.41, 5.74) is 0.838. The Hall–Kier alpha value is -2.11. The van der Waals surface area contributed by atoms with E-state index in [0.717, 1.165) is 12.1 Å². The van der Waals surface area contributed by atoms with Gasteiger partial charge in [-0.3, -0.25) is 14.3 Å². The molecule has 1 saturated carbocycles. The van der Waals surface area contributed by atoms with Crippen molar-refractivity contribution in [1.29, 1.82) is 0 Å². The highest BCUT2D eigenvalue weighted by Crippen LogP contribution is 2.25. The number of aromatic nitrogens is 2. The van der Waals surface area contributed by atoms with Gasteiger partial charge in [0, 0.05) is 25.4 Å². The molecule has 0 spiro atoms. The molecule has 6 heteroatoms. The molecule has 0 saturated heterocycles. The lowest BCUT2D eigenvalue weighted by Gasteiger charge is -2.10. The van der Waals surface area contributed by atoms with Crippen LogP contribution in [-0.4, -0.2) is 32.8 Å². The Balaban J connectivity index is 1.84. The molecule has 19 heavy (non-hydrogen) atoms. The Morgan fingerprint density at radius 1 is 1.53 bits per heavy atom. The highest BCUT2D eigenvalue weighted by molar-refractivity contribution is 5.91. The van der Waals surface area contributed by atoms with Crippen molar-refractivity contribution in [2.24, 2.45) is 13.0 Å². The predicted molar refractivity (Wildman–Crippen MR) is 69.1 cm³/mol. The third kappa shape index (κ3) is 3.43. The molecule has 2 atom stereocenters. The lowest BCUT2D eigenvalue weighted by molar-refractivity contribution is -0.141. The van der Waals surface area contributed by atoms with Crippen LogP contribution in [0.25, 0.3) is 6.08 Å². The second-order valence-electron chi connectivity index (χ2n) is 4.77. The summed E-state index contributed by atoms with van der Waals surface area (Å²) in [6.07, 6.45) is 6.66. The van der Waals surface area contributed by atoms with Crippen molar-refractivity contribution in [3.05, 3.63) is 24.0 Å². The van der Waals surface area contributed by atoms with Gasteiger partial charge in [-0.15, -0.1) is 0 Å². The van der Waals surface area contributed by atoms with Crippen molar-refractivity contribution in [3.63, 3.8) is 0 Å². The minimum Gasteiger partial charge on any atom is -0.481 e. The first kappa shape index (κ1) is 13.3. The van der Waals surface area contributed by atoms with E-state index in [1.165, 1.54) is 6.08 Å². The van der Waals surface area contributed by atoms with E-state index in [9.17, 15) is 9.59 Å². The minimum atomic E-state index is -0.776. The molecular weight excluding hydrogens is 246 g/mol. The van der Waals surface area contributed by atoms with Gasteiger partial charge in [0.15, 0.2) is 0 Å². The standard InChI is InChI=1S/C13H17N3O3/c1-16-11(6-7-14-16)4-5-12(17)15-10-3-2-9(8-10)13(18)19/h4-7,9-10H,2-3,8H2,1H3,(H,15,17)(H,18,19)/b5-4+/t9-,10-/m1/s1. The minimum absolute atomic E-state index is 0.0372. The summed E-state index contributed by atoms with van der Waals surface area (Å²) in [6, 6.07) is 1.77. The van der Waals surface area contributed by atoms with Crippen LogP contribution in [0.5, 0.6) is 0 Å². The third-order valence-corrected chi connectivity index (χ3v) is 3.39. The first-order chi connectivity index (χ1) is 9.06. The number of aryl methyl sites for hydroxylation is 1. The number of carbonyl (C=O) groups excluding carboxylic acids is 1. The fourth-order valence-corrected chi connectivity index (χ4v) is 2.29. The Kier molecular flexibility index (Phi) is 3.99. The first-order valence-corrected chi connectivity index (χ1v) is 6.25. The Bertz CT molecular complexity index is 507. The van der Waals surface area contributed by atoms with Gasteiger partial charge in [-0.05, 0) is 31.4 Å². The SMILES string of the molecule is Cn1nccc1/C=C/C(=O)N[C@@H]1CC[C@@H](C(=O)O)C1. The summed E-state index contributed by atoms with van der Waals surface area (Å²) < 4.78 is 1.67. The van der Waals surface area contributed by atoms with Gasteiger partial charge < -0.3 is 10.4 Å². The van der Waals surface area contributed by atoms with Crippen molar-refractivity contribution >= 4 is 18.0 Å². The normalized spacial score (nSPS) is 22.8. The molecule has 102 valence electrons. The van der Waals surface area contributed by atoms with Gasteiger partial charge in [0.25, 0.3) is 0 Å². The van der Waals surface area contributed by atoms with E-state index in [1.807, 2.05) is 0 Å². The Morgan fingerprint density at radius 2 is 2.32 bits per heavy atom. The van der Waals surface area contributed by atoms with E-state index < -0.39 is 5.97 Å². The molecule has 2 rings (SSSR count). The zero-order valence-electron chi connectivity index (χ0n) is 10.7. The molecule has 0 bridgehead atoms. The molecule has 0 unspecified atom stereocenters. The number of amides is 1. The molecule has 1 amide bonds. The number of aliphatic carboxylic acids is 1. The summed E-state index contributed by atoms with van der Waals surface area (Å²) in [5, 5.41) is 15.7. The second-order valence-corrected chi connectivity index (χ2v) is 4.77. The molecule has 1 aliphatic rings. The van der Waals surface area contributed by atoms with E-state index in [2.05, 4.69) is 10.4 Å². The number of nitrogens with one attached hydrogen (secondary N) is 1. The highest BCUT2D eigenvalue weighted by atomic mass is 16.4. The molecule has 1 aromatic heterocycles. The van der Waals surface area contributed by atoms with Crippen molar-refractivity contribution in [1.82, 2.24) is 15.1 Å². The van der Waals surface area contributed by atoms with Gasteiger partial charge in [-0.25, -0.2) is 0 Å². The zero-order chi connectivity index (χ0) is 13.8. The number of nitrogens with zero attached hydrogens (tertiary/aromatic N) is 2. The zero-order valence-corrected chi connectivity index (χ0v) is 10.7. The molecule has 1 fully saturated rings. The molecule has 0 aromatic carbocycles. The topological polar surface area (TPSA) is 84.2 Å². The lowest BCUT2D eigenvalue weighted by Crippen LogP contribution is -2.31. The molecular formula is C13H17N3O3. The number of rotatable bonds is 4. The second kappa shape index (κ2) is 5.69. The third-order valence-electron chi connectivity index (χ3n) is 3.39. The quantitative estimate of drug-likeness (QED) is 0.787. The molecule has 1 heterocycles. The largest absolute Gasteiger partial charge is 0.481 e. The number of hydrogen-bond acceptors (Lipinski definition) is 3. The van der Waals surface area contributed by atoms with Gasteiger partial charge in [-0.1, -0.05) is 0 Å². The van der Waals surface area contributed by atoms with Crippen molar-refractivity contribution in [3.8, 4) is 0 Å². The fraction of sp³-hybridized carbons (Fsp3) is 0.462. The molecule has 0 radical (unpaired) electrons. The van der Waals surface area contributed by atoms with Crippen LogP contribution in [-0.2, 0) is 16.6 Å². The van der Waals surface area contributed by atoms with Gasteiger partial charge in [-0.2, -0.15) is 5.10 Å². The van der Waals surface area contributed by atoms with Gasteiger partial charge >= 0.3 is 5.97 Å². The van der Waals surface area contributed by atoms with Crippen LogP contribution < -0.4 is 5.32 Å². The smallest absolute Gasteiger partial charge is 0.306 e. The average molecular weight is 263 g/mol. The molecule has 0 aliphatic heterocycles. The van der Waals surface area contributed by atoms with Crippen LogP contribution in [0.3, 0.4) is 0 Å². The lowest BCUT2D eigenvalue weighted by atomic mass is 10.1. The maximum absolute atomic E-state index is 11.7. The molecule has 6 nitrogen and oxygen atoms in total. The van der Waals surface area contributed by atoms with Gasteiger partial charge in [0.2, 0.25) is 5.91 Å². The van der Waals surface area contributed by atoms with E-state index in [4.69, 9.17) is 5.11 Å². The van der Waals surface area contributed by atoms with Crippen molar-refractivity contribution < 1.29 is 14.7 Å². The van der Waals surface area contributed by atoms with E-state index in [-0.39, 0.29) is 17.9 Å². The summed E-state index contributed by atoms with van der Waals surface area (Å²) >= 11 is 0.